The zero-order valence-corrected chi connectivity index (χ0v) is 15.4. The molecule has 3 amide bonds. The van der Waals surface area contributed by atoms with Gasteiger partial charge in [0.15, 0.2) is 18.1 Å². The number of benzene rings is 1. The average Bonchev–Trinajstić information content (AvgIpc) is 3.34. The van der Waals surface area contributed by atoms with Gasteiger partial charge < -0.3 is 15.2 Å². The van der Waals surface area contributed by atoms with Crippen LogP contribution in [0.15, 0.2) is 35.5 Å². The number of carbonyl (C=O) groups is 3. The summed E-state index contributed by atoms with van der Waals surface area (Å²) in [6.07, 6.45) is 6.42. The van der Waals surface area contributed by atoms with E-state index in [0.29, 0.717) is 23.7 Å². The molecule has 2 aliphatic carbocycles. The molecule has 8 nitrogen and oxygen atoms in total. The van der Waals surface area contributed by atoms with E-state index < -0.39 is 5.91 Å². The lowest BCUT2D eigenvalue weighted by Crippen LogP contribution is -2.28. The molecule has 1 heterocycles. The van der Waals surface area contributed by atoms with Crippen LogP contribution in [0.1, 0.15) is 18.9 Å². The van der Waals surface area contributed by atoms with Crippen LogP contribution < -0.4 is 15.2 Å². The molecule has 3 aliphatic rings. The van der Waals surface area contributed by atoms with E-state index in [4.69, 9.17) is 15.2 Å². The van der Waals surface area contributed by atoms with E-state index in [9.17, 15) is 14.4 Å². The van der Waals surface area contributed by atoms with E-state index >= 15 is 0 Å². The third kappa shape index (κ3) is 3.04. The van der Waals surface area contributed by atoms with E-state index in [1.54, 1.807) is 18.2 Å². The Hall–Kier alpha value is -3.16. The molecule has 28 heavy (non-hydrogen) atoms. The van der Waals surface area contributed by atoms with Crippen LogP contribution in [0.4, 0.5) is 0 Å². The Balaban J connectivity index is 1.51. The molecule has 0 unspecified atom stereocenters. The van der Waals surface area contributed by atoms with E-state index in [2.05, 4.69) is 5.10 Å². The van der Waals surface area contributed by atoms with Gasteiger partial charge in [-0.1, -0.05) is 12.2 Å². The fraction of sp³-hybridized carbons (Fsp3) is 0.400. The zero-order chi connectivity index (χ0) is 19.8. The molecule has 2 fully saturated rings. The van der Waals surface area contributed by atoms with Gasteiger partial charge in [0.05, 0.1) is 24.7 Å². The van der Waals surface area contributed by atoms with E-state index in [-0.39, 0.29) is 42.1 Å². The van der Waals surface area contributed by atoms with Crippen molar-refractivity contribution in [2.75, 3.05) is 13.2 Å². The van der Waals surface area contributed by atoms with Gasteiger partial charge in [-0.25, -0.2) is 0 Å². The summed E-state index contributed by atoms with van der Waals surface area (Å²) in [4.78, 5) is 36.2. The van der Waals surface area contributed by atoms with Gasteiger partial charge in [-0.05, 0) is 48.9 Å². The first-order valence-corrected chi connectivity index (χ1v) is 9.27. The maximum atomic E-state index is 12.7. The molecular weight excluding hydrogens is 362 g/mol. The predicted octanol–water partition coefficient (Wildman–Crippen LogP) is 1.09. The molecule has 1 saturated carbocycles. The van der Waals surface area contributed by atoms with Crippen LogP contribution in [0.2, 0.25) is 0 Å². The molecule has 1 aromatic rings. The highest BCUT2D eigenvalue weighted by molar-refractivity contribution is 6.06. The van der Waals surface area contributed by atoms with E-state index in [1.807, 2.05) is 19.1 Å². The number of allylic oxidation sites excluding steroid dienone is 2. The number of fused-ring (bicyclic) bond motifs is 5. The first-order valence-electron chi connectivity index (χ1n) is 9.27. The number of hydrogen-bond donors (Lipinski definition) is 1. The smallest absolute Gasteiger partial charge is 0.255 e. The maximum absolute atomic E-state index is 12.7. The van der Waals surface area contributed by atoms with Crippen molar-refractivity contribution in [3.63, 3.8) is 0 Å². The molecule has 1 saturated heterocycles. The first-order chi connectivity index (χ1) is 13.5. The number of hydrogen-bond acceptors (Lipinski definition) is 6. The predicted molar refractivity (Wildman–Crippen MR) is 99.5 cm³/mol. The number of primary amides is 1. The minimum absolute atomic E-state index is 0.151. The molecule has 4 rings (SSSR count). The Bertz CT molecular complexity index is 864. The summed E-state index contributed by atoms with van der Waals surface area (Å²) in [5, 5.41) is 5.15. The van der Waals surface area contributed by atoms with Gasteiger partial charge in [-0.2, -0.15) is 10.1 Å². The van der Waals surface area contributed by atoms with Gasteiger partial charge in [0, 0.05) is 0 Å². The summed E-state index contributed by atoms with van der Waals surface area (Å²) in [5.74, 6) is -0.492. The van der Waals surface area contributed by atoms with Crippen molar-refractivity contribution in [2.45, 2.75) is 13.3 Å². The third-order valence-corrected chi connectivity index (χ3v) is 5.41. The van der Waals surface area contributed by atoms with Gasteiger partial charge >= 0.3 is 0 Å². The normalized spacial score (nSPS) is 27.7. The fourth-order valence-corrected chi connectivity index (χ4v) is 4.27. The number of nitrogens with two attached hydrogens (primary N) is 1. The lowest BCUT2D eigenvalue weighted by molar-refractivity contribution is -0.140. The summed E-state index contributed by atoms with van der Waals surface area (Å²) in [7, 11) is 0. The van der Waals surface area contributed by atoms with Crippen LogP contribution >= 0.6 is 0 Å². The first kappa shape index (κ1) is 18.2. The molecule has 2 bridgehead atoms. The Kier molecular flexibility index (Phi) is 4.62. The molecule has 1 aromatic carbocycles. The minimum Gasteiger partial charge on any atom is -0.490 e. The second-order valence-electron chi connectivity index (χ2n) is 7.13. The van der Waals surface area contributed by atoms with Crippen LogP contribution in [-0.2, 0) is 14.4 Å². The molecule has 146 valence electrons. The number of rotatable bonds is 7. The summed E-state index contributed by atoms with van der Waals surface area (Å²) < 4.78 is 10.9. The van der Waals surface area contributed by atoms with Gasteiger partial charge in [0.1, 0.15) is 0 Å². The van der Waals surface area contributed by atoms with Crippen LogP contribution in [0.3, 0.4) is 0 Å². The van der Waals surface area contributed by atoms with Gasteiger partial charge in [-0.3, -0.25) is 14.4 Å². The van der Waals surface area contributed by atoms with E-state index in [1.165, 1.54) is 6.21 Å². The lowest BCUT2D eigenvalue weighted by atomic mass is 9.85. The minimum atomic E-state index is -0.590. The molecule has 0 aromatic heterocycles. The monoisotopic (exact) mass is 383 g/mol. The van der Waals surface area contributed by atoms with Gasteiger partial charge in [0.25, 0.3) is 17.7 Å². The standard InChI is InChI=1S/C20H21N3O5/c1-2-27-15-7-11(3-6-14(15)28-10-16(21)24)9-22-23-19(25)17-12-4-5-13(8-12)18(17)20(23)26/h3-7,9,12-13,17-18H,2,8,10H2,1H3,(H2,21,24)/t12-,13-,17-,18+/m0/s1. The quantitative estimate of drug-likeness (QED) is 0.430. The highest BCUT2D eigenvalue weighted by Crippen LogP contribution is 2.52. The van der Waals surface area contributed by atoms with Gasteiger partial charge in [0.2, 0.25) is 0 Å². The number of ether oxygens (including phenoxy) is 2. The molecule has 8 heteroatoms. The Morgan fingerprint density at radius 3 is 2.46 bits per heavy atom. The number of carbonyl (C=O) groups excluding carboxylic acids is 3. The molecule has 0 spiro atoms. The van der Waals surface area contributed by atoms with Crippen molar-refractivity contribution in [3.05, 3.63) is 35.9 Å². The van der Waals surface area contributed by atoms with Crippen LogP contribution in [0.25, 0.3) is 0 Å². The molecule has 4 atom stereocenters. The van der Waals surface area contributed by atoms with E-state index in [0.717, 1.165) is 11.4 Å². The average molecular weight is 383 g/mol. The molecule has 2 N–H and O–H groups in total. The van der Waals surface area contributed by atoms with Gasteiger partial charge in [-0.15, -0.1) is 0 Å². The summed E-state index contributed by atoms with van der Waals surface area (Å²) >= 11 is 0. The number of hydrazone groups is 1. The molecular formula is C20H21N3O5. The third-order valence-electron chi connectivity index (χ3n) is 5.41. The zero-order valence-electron chi connectivity index (χ0n) is 15.4. The van der Waals surface area contributed by atoms with Crippen molar-refractivity contribution in [2.24, 2.45) is 34.5 Å². The van der Waals surface area contributed by atoms with Crippen molar-refractivity contribution < 1.29 is 23.9 Å². The molecule has 0 radical (unpaired) electrons. The van der Waals surface area contributed by atoms with Crippen LogP contribution in [0, 0.1) is 23.7 Å². The Morgan fingerprint density at radius 2 is 1.86 bits per heavy atom. The highest BCUT2D eigenvalue weighted by Gasteiger charge is 2.59. The fourth-order valence-electron chi connectivity index (χ4n) is 4.27. The Morgan fingerprint density at radius 1 is 1.18 bits per heavy atom. The number of amides is 3. The van der Waals surface area contributed by atoms with Crippen LogP contribution in [0.5, 0.6) is 11.5 Å². The van der Waals surface area contributed by atoms with Crippen molar-refractivity contribution in [3.8, 4) is 11.5 Å². The SMILES string of the molecule is CCOc1cc(C=NN2C(=O)[C@@H]3[C@H](C2=O)[C@H]2C=C[C@H]3C2)ccc1OCC(N)=O. The second kappa shape index (κ2) is 7.10. The highest BCUT2D eigenvalue weighted by atomic mass is 16.5. The topological polar surface area (TPSA) is 111 Å². The second-order valence-corrected chi connectivity index (χ2v) is 7.13. The largest absolute Gasteiger partial charge is 0.490 e. The molecule has 1 aliphatic heterocycles. The number of imide groups is 1. The summed E-state index contributed by atoms with van der Waals surface area (Å²) in [6.45, 7) is 1.96. The van der Waals surface area contributed by atoms with Crippen molar-refractivity contribution >= 4 is 23.9 Å². The van der Waals surface area contributed by atoms with Crippen molar-refractivity contribution in [1.82, 2.24) is 5.01 Å². The maximum Gasteiger partial charge on any atom is 0.255 e. The lowest BCUT2D eigenvalue weighted by Gasteiger charge is -2.13. The van der Waals surface area contributed by atoms with Crippen molar-refractivity contribution in [1.29, 1.82) is 0 Å². The Labute approximate surface area is 162 Å². The summed E-state index contributed by atoms with van der Waals surface area (Å²) in [5.41, 5.74) is 5.73. The summed E-state index contributed by atoms with van der Waals surface area (Å²) in [6, 6.07) is 4.99. The van der Waals surface area contributed by atoms with Crippen LogP contribution in [-0.4, -0.2) is 42.2 Å². The number of nitrogens with zero attached hydrogens (tertiary/aromatic N) is 2.